The fourth-order valence-electron chi connectivity index (χ4n) is 2.72. The molecule has 0 unspecified atom stereocenters. The van der Waals surface area contributed by atoms with Crippen molar-refractivity contribution in [3.8, 4) is 17.3 Å². The fourth-order valence-corrected chi connectivity index (χ4v) is 3.47. The molecule has 0 bridgehead atoms. The van der Waals surface area contributed by atoms with Crippen LogP contribution in [0.25, 0.3) is 11.3 Å². The molecule has 3 rings (SSSR count). The third-order valence-corrected chi connectivity index (χ3v) is 5.21. The normalized spacial score (nSPS) is 11.3. The van der Waals surface area contributed by atoms with Crippen LogP contribution in [0.1, 0.15) is 27.3 Å². The lowest BCUT2D eigenvalue weighted by molar-refractivity contribution is 1.26. The number of aromatic nitrogens is 1. The number of nitrogens with one attached hydrogen (secondary N) is 1. The first-order valence-corrected chi connectivity index (χ1v) is 9.21. The van der Waals surface area contributed by atoms with Crippen LogP contribution in [0.2, 0.25) is 0 Å². The lowest BCUT2D eigenvalue weighted by Crippen LogP contribution is -2.02. The number of thiazole rings is 1. The van der Waals surface area contributed by atoms with Crippen LogP contribution < -0.4 is 5.43 Å². The molecule has 0 aliphatic rings. The Bertz CT molecular complexity index is 1020. The Hall–Kier alpha value is -2.97. The van der Waals surface area contributed by atoms with Crippen molar-refractivity contribution in [2.75, 3.05) is 5.43 Å². The van der Waals surface area contributed by atoms with Crippen LogP contribution in [-0.4, -0.2) is 10.7 Å². The second kappa shape index (κ2) is 7.51. The molecule has 3 aromatic rings. The van der Waals surface area contributed by atoms with Crippen molar-refractivity contribution in [3.63, 3.8) is 0 Å². The molecule has 130 valence electrons. The number of hydrogen-bond donors (Lipinski definition) is 1. The van der Waals surface area contributed by atoms with Gasteiger partial charge in [0, 0.05) is 10.9 Å². The van der Waals surface area contributed by atoms with E-state index in [4.69, 9.17) is 0 Å². The molecule has 1 aromatic heterocycles. The van der Waals surface area contributed by atoms with Crippen molar-refractivity contribution in [2.45, 2.75) is 27.7 Å². The molecule has 0 amide bonds. The highest BCUT2D eigenvalue weighted by Crippen LogP contribution is 2.26. The van der Waals surface area contributed by atoms with Gasteiger partial charge in [-0.25, -0.2) is 4.98 Å². The maximum absolute atomic E-state index is 9.50. The van der Waals surface area contributed by atoms with E-state index in [0.29, 0.717) is 5.01 Å². The van der Waals surface area contributed by atoms with Crippen molar-refractivity contribution >= 4 is 22.7 Å². The van der Waals surface area contributed by atoms with Gasteiger partial charge in [-0.2, -0.15) is 10.4 Å². The summed E-state index contributed by atoms with van der Waals surface area (Å²) < 4.78 is 0. The second-order valence-electron chi connectivity index (χ2n) is 6.29. The van der Waals surface area contributed by atoms with Gasteiger partial charge in [-0.1, -0.05) is 35.9 Å². The Balaban J connectivity index is 1.89. The first kappa shape index (κ1) is 17.8. The Morgan fingerprint density at radius 2 is 1.92 bits per heavy atom. The van der Waals surface area contributed by atoms with Crippen LogP contribution in [0.15, 0.2) is 46.9 Å². The van der Waals surface area contributed by atoms with Crippen LogP contribution in [0.3, 0.4) is 0 Å². The van der Waals surface area contributed by atoms with Gasteiger partial charge in [-0.05, 0) is 50.5 Å². The number of hydrazone groups is 1. The molecule has 0 saturated carbocycles. The summed E-state index contributed by atoms with van der Waals surface area (Å²) in [6.45, 7) is 8.22. The maximum Gasteiger partial charge on any atom is 0.196 e. The summed E-state index contributed by atoms with van der Waals surface area (Å²) in [6, 6.07) is 14.4. The fraction of sp³-hybridized carbons (Fsp3) is 0.190. The lowest BCUT2D eigenvalue weighted by Gasteiger charge is -2.07. The Morgan fingerprint density at radius 3 is 2.65 bits per heavy atom. The highest BCUT2D eigenvalue weighted by atomic mass is 32.1. The van der Waals surface area contributed by atoms with E-state index in [2.05, 4.69) is 53.6 Å². The van der Waals surface area contributed by atoms with E-state index in [1.807, 2.05) is 37.4 Å². The predicted molar refractivity (Wildman–Crippen MR) is 109 cm³/mol. The minimum atomic E-state index is 0.284. The van der Waals surface area contributed by atoms with Crippen molar-refractivity contribution in [1.29, 1.82) is 5.26 Å². The quantitative estimate of drug-likeness (QED) is 0.502. The number of nitrogens with zero attached hydrogens (tertiary/aromatic N) is 3. The molecule has 0 aliphatic carbocycles. The second-order valence-corrected chi connectivity index (χ2v) is 7.15. The average molecular weight is 360 g/mol. The van der Waals surface area contributed by atoms with Crippen LogP contribution >= 0.6 is 11.3 Å². The van der Waals surface area contributed by atoms with Gasteiger partial charge in [-0.15, -0.1) is 11.3 Å². The third-order valence-electron chi connectivity index (χ3n) is 4.36. The van der Waals surface area contributed by atoms with Crippen LogP contribution in [0.4, 0.5) is 5.69 Å². The van der Waals surface area contributed by atoms with E-state index < -0.39 is 0 Å². The van der Waals surface area contributed by atoms with Gasteiger partial charge in [-0.3, -0.25) is 5.43 Å². The standard InChI is InChI=1S/C21H20N4S/c1-13-8-9-17(15(3)10-13)20-12-26-21(23-20)19(11-22)25-24-18-7-5-6-14(2)16(18)4/h5-10,12,24H,1-4H3. The predicted octanol–water partition coefficient (Wildman–Crippen LogP) is 5.38. The van der Waals surface area contributed by atoms with Gasteiger partial charge >= 0.3 is 0 Å². The topological polar surface area (TPSA) is 61.1 Å². The van der Waals surface area contributed by atoms with Crippen LogP contribution in [0, 0.1) is 39.0 Å². The zero-order valence-electron chi connectivity index (χ0n) is 15.3. The van der Waals surface area contributed by atoms with Gasteiger partial charge in [0.25, 0.3) is 0 Å². The van der Waals surface area contributed by atoms with Crippen molar-refractivity contribution in [3.05, 3.63) is 69.0 Å². The van der Waals surface area contributed by atoms with Gasteiger partial charge in [0.05, 0.1) is 11.4 Å². The Kier molecular flexibility index (Phi) is 5.15. The smallest absolute Gasteiger partial charge is 0.196 e. The molecular weight excluding hydrogens is 340 g/mol. The highest BCUT2D eigenvalue weighted by Gasteiger charge is 2.12. The summed E-state index contributed by atoms with van der Waals surface area (Å²) in [6.07, 6.45) is 0. The highest BCUT2D eigenvalue weighted by molar-refractivity contribution is 7.12. The SMILES string of the molecule is Cc1ccc(-c2csc(C(C#N)=NNc3cccc(C)c3C)n2)c(C)c1. The molecule has 26 heavy (non-hydrogen) atoms. The van der Waals surface area contributed by atoms with Gasteiger partial charge < -0.3 is 0 Å². The largest absolute Gasteiger partial charge is 0.277 e. The van der Waals surface area contributed by atoms with Crippen molar-refractivity contribution < 1.29 is 0 Å². The van der Waals surface area contributed by atoms with E-state index in [1.54, 1.807) is 0 Å². The molecule has 2 aromatic carbocycles. The lowest BCUT2D eigenvalue weighted by atomic mass is 10.0. The van der Waals surface area contributed by atoms with Crippen LogP contribution in [0.5, 0.6) is 0 Å². The van der Waals surface area contributed by atoms with E-state index in [1.165, 1.54) is 28.0 Å². The van der Waals surface area contributed by atoms with Crippen molar-refractivity contribution in [1.82, 2.24) is 4.98 Å². The van der Waals surface area contributed by atoms with Gasteiger partial charge in [0.15, 0.2) is 10.7 Å². The van der Waals surface area contributed by atoms with Gasteiger partial charge in [0.2, 0.25) is 0 Å². The molecule has 0 spiro atoms. The molecule has 4 nitrogen and oxygen atoms in total. The average Bonchev–Trinajstić information content (AvgIpc) is 3.08. The number of hydrogen-bond acceptors (Lipinski definition) is 5. The summed E-state index contributed by atoms with van der Waals surface area (Å²) in [5.74, 6) is 0. The molecule has 1 N–H and O–H groups in total. The molecular formula is C21H20N4S. The molecule has 0 radical (unpaired) electrons. The summed E-state index contributed by atoms with van der Waals surface area (Å²) in [5, 5.41) is 16.4. The monoisotopic (exact) mass is 360 g/mol. The molecule has 0 fully saturated rings. The van der Waals surface area contributed by atoms with Crippen LogP contribution in [-0.2, 0) is 0 Å². The number of anilines is 1. The first-order chi connectivity index (χ1) is 12.5. The van der Waals surface area contributed by atoms with E-state index >= 15 is 0 Å². The first-order valence-electron chi connectivity index (χ1n) is 8.33. The zero-order valence-corrected chi connectivity index (χ0v) is 16.1. The number of nitriles is 1. The number of aryl methyl sites for hydroxylation is 3. The number of rotatable bonds is 4. The maximum atomic E-state index is 9.50. The molecule has 0 saturated heterocycles. The van der Waals surface area contributed by atoms with Crippen molar-refractivity contribution in [2.24, 2.45) is 5.10 Å². The Labute approximate surface area is 157 Å². The molecule has 1 heterocycles. The molecule has 5 heteroatoms. The van der Waals surface area contributed by atoms with E-state index in [0.717, 1.165) is 22.5 Å². The van der Waals surface area contributed by atoms with Gasteiger partial charge in [0.1, 0.15) is 6.07 Å². The minimum absolute atomic E-state index is 0.284. The number of benzene rings is 2. The summed E-state index contributed by atoms with van der Waals surface area (Å²) in [5.41, 5.74) is 10.8. The third kappa shape index (κ3) is 3.66. The minimum Gasteiger partial charge on any atom is -0.277 e. The molecule has 0 aliphatic heterocycles. The summed E-state index contributed by atoms with van der Waals surface area (Å²) in [4.78, 5) is 4.62. The van der Waals surface area contributed by atoms with E-state index in [9.17, 15) is 5.26 Å². The molecule has 0 atom stereocenters. The summed E-state index contributed by atoms with van der Waals surface area (Å²) in [7, 11) is 0. The Morgan fingerprint density at radius 1 is 1.12 bits per heavy atom. The zero-order chi connectivity index (χ0) is 18.7. The van der Waals surface area contributed by atoms with E-state index in [-0.39, 0.29) is 5.71 Å². The summed E-state index contributed by atoms with van der Waals surface area (Å²) >= 11 is 1.43.